The molecule has 0 spiro atoms. The maximum absolute atomic E-state index is 12.6. The zero-order chi connectivity index (χ0) is 31.8. The van der Waals surface area contributed by atoms with Crippen LogP contribution >= 0.6 is 0 Å². The van der Waals surface area contributed by atoms with Gasteiger partial charge in [0.05, 0.1) is 21.7 Å². The quantitative estimate of drug-likeness (QED) is 0.176. The van der Waals surface area contributed by atoms with Gasteiger partial charge in [0, 0.05) is 23.9 Å². The lowest BCUT2D eigenvalue weighted by Crippen LogP contribution is -2.59. The highest BCUT2D eigenvalue weighted by Gasteiger charge is 2.61. The first-order valence-corrected chi connectivity index (χ1v) is 17.5. The van der Waals surface area contributed by atoms with E-state index >= 15 is 0 Å². The second-order valence-electron chi connectivity index (χ2n) is 12.7. The Kier molecular flexibility index (Phi) is 8.60. The molecule has 3 unspecified atom stereocenters. The van der Waals surface area contributed by atoms with Gasteiger partial charge in [0.15, 0.2) is 5.76 Å². The summed E-state index contributed by atoms with van der Waals surface area (Å²) in [7, 11) is -4.05. The van der Waals surface area contributed by atoms with E-state index in [2.05, 4.69) is 23.0 Å². The number of nitrogens with two attached hydrogens (primary N) is 2. The summed E-state index contributed by atoms with van der Waals surface area (Å²) >= 11 is 0. The molecule has 4 aromatic rings. The predicted octanol–water partition coefficient (Wildman–Crippen LogP) is 6.27. The molecule has 0 radical (unpaired) electrons. The zero-order valence-electron chi connectivity index (χ0n) is 26.0. The molecule has 1 aliphatic heterocycles. The minimum atomic E-state index is -4.05. The lowest BCUT2D eigenvalue weighted by Gasteiger charge is -2.49. The number of benzene rings is 2. The lowest BCUT2D eigenvalue weighted by molar-refractivity contribution is 0.0750. The molecule has 45 heavy (non-hydrogen) atoms. The molecule has 2 aliphatic rings. The van der Waals surface area contributed by atoms with Crippen LogP contribution in [0.3, 0.4) is 0 Å². The van der Waals surface area contributed by atoms with Gasteiger partial charge in [0.25, 0.3) is 0 Å². The van der Waals surface area contributed by atoms with Gasteiger partial charge in [-0.05, 0) is 73.6 Å². The third-order valence-electron chi connectivity index (χ3n) is 9.93. The molecule has 2 aromatic heterocycles. The number of anilines is 2. The molecule has 10 heteroatoms. The molecule has 1 aliphatic carbocycles. The highest BCUT2D eigenvalue weighted by atomic mass is 32.2. The minimum absolute atomic E-state index is 0.0169. The number of nitrogens with zero attached hydrogens (tertiary/aromatic N) is 3. The molecule has 1 fully saturated rings. The van der Waals surface area contributed by atoms with Gasteiger partial charge < -0.3 is 20.3 Å². The van der Waals surface area contributed by atoms with E-state index in [0.717, 1.165) is 30.0 Å². The topological polar surface area (TPSA) is 149 Å². The van der Waals surface area contributed by atoms with Crippen LogP contribution in [0.15, 0.2) is 82.2 Å². The second-order valence-corrected chi connectivity index (χ2v) is 14.3. The van der Waals surface area contributed by atoms with Crippen molar-refractivity contribution in [3.8, 4) is 0 Å². The lowest BCUT2D eigenvalue weighted by atomic mass is 9.66. The number of hydrogen-bond acceptors (Lipinski definition) is 8. The monoisotopic (exact) mass is 629 g/mol. The van der Waals surface area contributed by atoms with E-state index in [-0.39, 0.29) is 11.3 Å². The van der Waals surface area contributed by atoms with Gasteiger partial charge in [0.2, 0.25) is 10.0 Å². The van der Waals surface area contributed by atoms with E-state index in [9.17, 15) is 13.5 Å². The van der Waals surface area contributed by atoms with Gasteiger partial charge in [-0.25, -0.2) is 18.5 Å². The molecular weight excluding hydrogens is 586 g/mol. The van der Waals surface area contributed by atoms with Gasteiger partial charge in [-0.2, -0.15) is 0 Å². The molecule has 238 valence electrons. The van der Waals surface area contributed by atoms with Crippen molar-refractivity contribution in [1.29, 1.82) is 0 Å². The Morgan fingerprint density at radius 2 is 1.82 bits per heavy atom. The second kappa shape index (κ2) is 12.3. The van der Waals surface area contributed by atoms with E-state index in [0.29, 0.717) is 34.9 Å². The molecule has 1 saturated carbocycles. The fourth-order valence-electron chi connectivity index (χ4n) is 7.80. The first-order valence-electron chi connectivity index (χ1n) is 16.0. The number of pyridine rings is 1. The SMILES string of the molecule is CCC1(c2ccccc2)N(c2cccc(CCCC3CCCC3)n2)c2ccc(S(N)(=O)=O)cc2C1(N)CC(O)c1cc(C)no1. The molecule has 2 aromatic carbocycles. The van der Waals surface area contributed by atoms with Crippen LogP contribution in [0.1, 0.15) is 92.7 Å². The van der Waals surface area contributed by atoms with Crippen molar-refractivity contribution in [2.45, 2.75) is 93.7 Å². The molecule has 6 rings (SSSR count). The van der Waals surface area contributed by atoms with Gasteiger partial charge >= 0.3 is 0 Å². The van der Waals surface area contributed by atoms with Crippen molar-refractivity contribution in [2.75, 3.05) is 4.90 Å². The Morgan fingerprint density at radius 3 is 2.49 bits per heavy atom. The van der Waals surface area contributed by atoms with E-state index in [1.807, 2.05) is 42.5 Å². The maximum Gasteiger partial charge on any atom is 0.238 e. The summed E-state index contributed by atoms with van der Waals surface area (Å²) in [6.45, 7) is 3.85. The summed E-state index contributed by atoms with van der Waals surface area (Å²) in [5.74, 6) is 1.82. The molecule has 0 bridgehead atoms. The first kappa shape index (κ1) is 31.4. The van der Waals surface area contributed by atoms with E-state index in [1.54, 1.807) is 25.1 Å². The molecule has 3 atom stereocenters. The Morgan fingerprint density at radius 1 is 1.07 bits per heavy atom. The standard InChI is InChI=1S/C35H43N5O4S/c1-3-35(26-14-5-4-6-15-26)34(36,23-31(41)32-21-24(2)39-44-32)29-22-28(45(37,42)43)19-20-30(29)40(35)33-18-10-17-27(38-33)16-9-13-25-11-7-8-12-25/h4-6,10,14-15,17-22,25,31,41H,3,7-9,11-13,16,23,36H2,1-2H3,(H2,37,42,43). The van der Waals surface area contributed by atoms with Gasteiger partial charge in [0.1, 0.15) is 11.9 Å². The highest BCUT2D eigenvalue weighted by molar-refractivity contribution is 7.89. The number of fused-ring (bicyclic) bond motifs is 1. The molecule has 9 nitrogen and oxygen atoms in total. The summed E-state index contributed by atoms with van der Waals surface area (Å²) in [4.78, 5) is 7.30. The maximum atomic E-state index is 12.6. The Labute approximate surface area is 265 Å². The Bertz CT molecular complexity index is 1750. The average Bonchev–Trinajstić information content (AvgIpc) is 3.75. The van der Waals surface area contributed by atoms with E-state index < -0.39 is 27.2 Å². The predicted molar refractivity (Wildman–Crippen MR) is 174 cm³/mol. The molecule has 0 saturated heterocycles. The van der Waals surface area contributed by atoms with Gasteiger partial charge in [-0.1, -0.05) is 80.6 Å². The average molecular weight is 630 g/mol. The molecule has 3 heterocycles. The summed E-state index contributed by atoms with van der Waals surface area (Å²) in [5, 5.41) is 21.2. The van der Waals surface area contributed by atoms with Gasteiger partial charge in [-0.15, -0.1) is 0 Å². The van der Waals surface area contributed by atoms with Crippen molar-refractivity contribution >= 4 is 21.5 Å². The largest absolute Gasteiger partial charge is 0.385 e. The number of aryl methyl sites for hydroxylation is 2. The smallest absolute Gasteiger partial charge is 0.238 e. The van der Waals surface area contributed by atoms with Crippen LogP contribution in [0.5, 0.6) is 0 Å². The number of rotatable bonds is 11. The Hall–Kier alpha value is -3.57. The number of sulfonamides is 1. The summed E-state index contributed by atoms with van der Waals surface area (Å²) < 4.78 is 30.7. The van der Waals surface area contributed by atoms with E-state index in [4.69, 9.17) is 20.4 Å². The molecule has 0 amide bonds. The van der Waals surface area contributed by atoms with Crippen LogP contribution < -0.4 is 15.8 Å². The third-order valence-corrected chi connectivity index (χ3v) is 10.8. The van der Waals surface area contributed by atoms with Crippen molar-refractivity contribution in [2.24, 2.45) is 16.8 Å². The minimum Gasteiger partial charge on any atom is -0.385 e. The number of hydrogen-bond donors (Lipinski definition) is 3. The van der Waals surface area contributed by atoms with Crippen LogP contribution in [-0.2, 0) is 27.5 Å². The number of aliphatic hydroxyl groups excluding tert-OH is 1. The Balaban J connectivity index is 1.52. The van der Waals surface area contributed by atoms with Crippen LogP contribution in [0.2, 0.25) is 0 Å². The van der Waals surface area contributed by atoms with Crippen LogP contribution in [0.25, 0.3) is 0 Å². The van der Waals surface area contributed by atoms with E-state index in [1.165, 1.54) is 38.2 Å². The summed E-state index contributed by atoms with van der Waals surface area (Å²) in [5.41, 5.74) is 9.17. The van der Waals surface area contributed by atoms with Gasteiger partial charge in [-0.3, -0.25) is 0 Å². The first-order chi connectivity index (χ1) is 21.6. The molecular formula is C35H43N5O4S. The zero-order valence-corrected chi connectivity index (χ0v) is 26.8. The van der Waals surface area contributed by atoms with Crippen molar-refractivity contribution < 1.29 is 18.0 Å². The van der Waals surface area contributed by atoms with Crippen LogP contribution in [0, 0.1) is 12.8 Å². The number of aromatic nitrogens is 2. The fraction of sp³-hybridized carbons (Fsp3) is 0.429. The van der Waals surface area contributed by atoms with Crippen molar-refractivity contribution in [3.63, 3.8) is 0 Å². The number of aliphatic hydroxyl groups is 1. The normalized spacial score (nSPS) is 22.6. The highest BCUT2D eigenvalue weighted by Crippen LogP contribution is 2.61. The van der Waals surface area contributed by atoms with Crippen LogP contribution in [-0.4, -0.2) is 23.7 Å². The van der Waals surface area contributed by atoms with Crippen molar-refractivity contribution in [3.05, 3.63) is 101 Å². The van der Waals surface area contributed by atoms with Crippen LogP contribution in [0.4, 0.5) is 11.5 Å². The third kappa shape index (κ3) is 5.69. The van der Waals surface area contributed by atoms with Crippen molar-refractivity contribution in [1.82, 2.24) is 10.1 Å². The molecule has 5 N–H and O–H groups in total. The summed E-state index contributed by atoms with van der Waals surface area (Å²) in [6, 6.07) is 22.5. The fourth-order valence-corrected chi connectivity index (χ4v) is 8.34. The summed E-state index contributed by atoms with van der Waals surface area (Å²) in [6.07, 6.45) is 7.90. The number of primary sulfonamides is 1.